The standard InChI is InChI=1S/C6H12N6O2/c1-2-4(10-12-6(8)14)3-9-11-5(7)13/h3H,2H2,1H3,(H3,7,11,13)(H3,8,12,14)/b9-3?,10-4+. The Morgan fingerprint density at radius 1 is 1.29 bits per heavy atom. The van der Waals surface area contributed by atoms with E-state index in [2.05, 4.69) is 10.2 Å². The van der Waals surface area contributed by atoms with Gasteiger partial charge in [0, 0.05) is 0 Å². The van der Waals surface area contributed by atoms with Crippen LogP contribution in [0.25, 0.3) is 0 Å². The lowest BCUT2D eigenvalue weighted by molar-refractivity contribution is 0.248. The molecular weight excluding hydrogens is 188 g/mol. The van der Waals surface area contributed by atoms with Crippen LogP contribution in [0.5, 0.6) is 0 Å². The minimum atomic E-state index is -0.778. The first-order valence-electron chi connectivity index (χ1n) is 3.76. The Morgan fingerprint density at radius 2 is 1.86 bits per heavy atom. The Balaban J connectivity index is 4.13. The van der Waals surface area contributed by atoms with E-state index in [1.165, 1.54) is 6.21 Å². The van der Waals surface area contributed by atoms with Crippen molar-refractivity contribution >= 4 is 24.0 Å². The average molecular weight is 200 g/mol. The molecule has 8 heteroatoms. The maximum Gasteiger partial charge on any atom is 0.332 e. The number of hydrogen-bond donors (Lipinski definition) is 4. The molecule has 0 radical (unpaired) electrons. The van der Waals surface area contributed by atoms with Crippen LogP contribution < -0.4 is 22.3 Å². The van der Waals surface area contributed by atoms with Crippen LogP contribution in [0, 0.1) is 0 Å². The molecule has 0 saturated carbocycles. The van der Waals surface area contributed by atoms with Gasteiger partial charge in [-0.25, -0.2) is 20.4 Å². The highest BCUT2D eigenvalue weighted by atomic mass is 16.2. The molecule has 8 nitrogen and oxygen atoms in total. The summed E-state index contributed by atoms with van der Waals surface area (Å²) in [7, 11) is 0. The molecule has 6 N–H and O–H groups in total. The maximum absolute atomic E-state index is 10.3. The number of amides is 4. The topological polar surface area (TPSA) is 135 Å². The summed E-state index contributed by atoms with van der Waals surface area (Å²) in [4.78, 5) is 20.5. The molecule has 0 bridgehead atoms. The molecule has 0 aromatic heterocycles. The molecule has 0 aliphatic rings. The lowest BCUT2D eigenvalue weighted by Gasteiger charge is -1.96. The molecule has 0 saturated heterocycles. The van der Waals surface area contributed by atoms with E-state index in [1.807, 2.05) is 10.9 Å². The number of nitrogens with one attached hydrogen (secondary N) is 2. The van der Waals surface area contributed by atoms with Gasteiger partial charge in [-0.05, 0) is 6.42 Å². The fraction of sp³-hybridized carbons (Fsp3) is 0.333. The van der Waals surface area contributed by atoms with E-state index in [4.69, 9.17) is 11.5 Å². The van der Waals surface area contributed by atoms with E-state index in [1.54, 1.807) is 6.92 Å². The molecule has 0 aromatic rings. The minimum Gasteiger partial charge on any atom is -0.350 e. The number of hydrogen-bond acceptors (Lipinski definition) is 4. The van der Waals surface area contributed by atoms with Crippen LogP contribution >= 0.6 is 0 Å². The van der Waals surface area contributed by atoms with Crippen molar-refractivity contribution in [2.75, 3.05) is 0 Å². The molecule has 4 amide bonds. The summed E-state index contributed by atoms with van der Waals surface area (Å²) in [5.74, 6) is 0. The van der Waals surface area contributed by atoms with Crippen LogP contribution in [0.1, 0.15) is 13.3 Å². The van der Waals surface area contributed by atoms with Gasteiger partial charge in [0.15, 0.2) is 0 Å². The number of carbonyl (C=O) groups excluding carboxylic acids is 2. The van der Waals surface area contributed by atoms with Crippen LogP contribution in [-0.2, 0) is 0 Å². The molecule has 0 unspecified atom stereocenters. The van der Waals surface area contributed by atoms with Gasteiger partial charge in [-0.15, -0.1) is 0 Å². The Hall–Kier alpha value is -2.12. The summed E-state index contributed by atoms with van der Waals surface area (Å²) in [5.41, 5.74) is 14.0. The van der Waals surface area contributed by atoms with Crippen molar-refractivity contribution in [3.8, 4) is 0 Å². The summed E-state index contributed by atoms with van der Waals surface area (Å²) in [6.07, 6.45) is 1.77. The van der Waals surface area contributed by atoms with E-state index >= 15 is 0 Å². The smallest absolute Gasteiger partial charge is 0.332 e. The Kier molecular flexibility index (Phi) is 5.43. The van der Waals surface area contributed by atoms with Crippen molar-refractivity contribution in [1.82, 2.24) is 10.9 Å². The van der Waals surface area contributed by atoms with Crippen LogP contribution in [0.4, 0.5) is 9.59 Å². The van der Waals surface area contributed by atoms with E-state index in [0.717, 1.165) is 0 Å². The van der Waals surface area contributed by atoms with Crippen LogP contribution in [0.15, 0.2) is 10.2 Å². The molecule has 0 atom stereocenters. The largest absolute Gasteiger partial charge is 0.350 e. The number of urea groups is 2. The lowest BCUT2D eigenvalue weighted by atomic mass is 10.3. The molecule has 0 rings (SSSR count). The Morgan fingerprint density at radius 3 is 2.29 bits per heavy atom. The van der Waals surface area contributed by atoms with Crippen molar-refractivity contribution < 1.29 is 9.59 Å². The number of rotatable bonds is 4. The third-order valence-corrected chi connectivity index (χ3v) is 1.06. The number of primary amides is 2. The third kappa shape index (κ3) is 6.58. The maximum atomic E-state index is 10.3. The zero-order valence-corrected chi connectivity index (χ0v) is 7.65. The SMILES string of the molecule is CC/C(C=NNC(N)=O)=N\NC(N)=O. The number of nitrogens with zero attached hydrogens (tertiary/aromatic N) is 2. The van der Waals surface area contributed by atoms with E-state index in [0.29, 0.717) is 12.1 Å². The number of carbonyl (C=O) groups is 2. The van der Waals surface area contributed by atoms with Crippen molar-refractivity contribution in [3.63, 3.8) is 0 Å². The van der Waals surface area contributed by atoms with Crippen molar-refractivity contribution in [1.29, 1.82) is 0 Å². The van der Waals surface area contributed by atoms with Gasteiger partial charge < -0.3 is 11.5 Å². The van der Waals surface area contributed by atoms with Gasteiger partial charge in [0.2, 0.25) is 0 Å². The molecule has 0 fully saturated rings. The average Bonchev–Trinajstić information content (AvgIpc) is 2.10. The van der Waals surface area contributed by atoms with Gasteiger partial charge in [-0.1, -0.05) is 6.92 Å². The highest BCUT2D eigenvalue weighted by Gasteiger charge is 1.93. The molecule has 0 heterocycles. The third-order valence-electron chi connectivity index (χ3n) is 1.06. The summed E-state index contributed by atoms with van der Waals surface area (Å²) < 4.78 is 0. The molecule has 0 aliphatic heterocycles. The molecule has 0 aliphatic carbocycles. The predicted octanol–water partition coefficient (Wildman–Crippen LogP) is -0.925. The normalized spacial score (nSPS) is 11.4. The van der Waals surface area contributed by atoms with Crippen molar-refractivity contribution in [2.45, 2.75) is 13.3 Å². The highest BCUT2D eigenvalue weighted by Crippen LogP contribution is 1.80. The number of nitrogens with two attached hydrogens (primary N) is 2. The first-order valence-corrected chi connectivity index (χ1v) is 3.76. The monoisotopic (exact) mass is 200 g/mol. The van der Waals surface area contributed by atoms with Crippen LogP contribution in [0.2, 0.25) is 0 Å². The first kappa shape index (κ1) is 11.9. The van der Waals surface area contributed by atoms with Gasteiger partial charge in [0.1, 0.15) is 0 Å². The fourth-order valence-corrected chi connectivity index (χ4v) is 0.497. The minimum absolute atomic E-state index is 0.442. The first-order chi connectivity index (χ1) is 6.56. The fourth-order valence-electron chi connectivity index (χ4n) is 0.497. The lowest BCUT2D eigenvalue weighted by Crippen LogP contribution is -2.27. The summed E-state index contributed by atoms with van der Waals surface area (Å²) >= 11 is 0. The molecular formula is C6H12N6O2. The molecule has 0 spiro atoms. The Labute approximate surface area is 80.4 Å². The second kappa shape index (κ2) is 6.40. The molecule has 78 valence electrons. The van der Waals surface area contributed by atoms with Gasteiger partial charge in [-0.2, -0.15) is 10.2 Å². The zero-order chi connectivity index (χ0) is 11.0. The van der Waals surface area contributed by atoms with Crippen LogP contribution in [0.3, 0.4) is 0 Å². The quantitative estimate of drug-likeness (QED) is 0.344. The van der Waals surface area contributed by atoms with Gasteiger partial charge in [-0.3, -0.25) is 0 Å². The molecule has 0 aromatic carbocycles. The van der Waals surface area contributed by atoms with Gasteiger partial charge in [0.25, 0.3) is 0 Å². The highest BCUT2D eigenvalue weighted by molar-refractivity contribution is 6.30. The summed E-state index contributed by atoms with van der Waals surface area (Å²) in [6, 6.07) is -1.55. The van der Waals surface area contributed by atoms with E-state index < -0.39 is 12.1 Å². The van der Waals surface area contributed by atoms with Gasteiger partial charge >= 0.3 is 12.1 Å². The van der Waals surface area contributed by atoms with E-state index in [-0.39, 0.29) is 0 Å². The summed E-state index contributed by atoms with van der Waals surface area (Å²) in [5, 5.41) is 7.04. The van der Waals surface area contributed by atoms with Crippen molar-refractivity contribution in [2.24, 2.45) is 21.7 Å². The second-order valence-corrected chi connectivity index (χ2v) is 2.17. The predicted molar refractivity (Wildman–Crippen MR) is 51.7 cm³/mol. The Bertz CT molecular complexity index is 271. The van der Waals surface area contributed by atoms with E-state index in [9.17, 15) is 9.59 Å². The van der Waals surface area contributed by atoms with Crippen LogP contribution in [-0.4, -0.2) is 24.0 Å². The molecule has 14 heavy (non-hydrogen) atoms. The summed E-state index contributed by atoms with van der Waals surface area (Å²) in [6.45, 7) is 1.79. The number of hydrazone groups is 2. The second-order valence-electron chi connectivity index (χ2n) is 2.17. The van der Waals surface area contributed by atoms with Crippen molar-refractivity contribution in [3.05, 3.63) is 0 Å². The zero-order valence-electron chi connectivity index (χ0n) is 7.65. The van der Waals surface area contributed by atoms with Gasteiger partial charge in [0.05, 0.1) is 11.9 Å².